The van der Waals surface area contributed by atoms with E-state index in [2.05, 4.69) is 21.2 Å². The van der Waals surface area contributed by atoms with Crippen molar-refractivity contribution in [1.29, 1.82) is 0 Å². The molecule has 0 radical (unpaired) electrons. The minimum absolute atomic E-state index is 0.209. The Morgan fingerprint density at radius 2 is 1.42 bits per heavy atom. The molecule has 0 aliphatic carbocycles. The number of carbonyl (C=O) groups is 3. The van der Waals surface area contributed by atoms with Crippen molar-refractivity contribution < 1.29 is 41.0 Å². The molecule has 2 N–H and O–H groups in total. The Morgan fingerprint density at radius 3 is 1.92 bits per heavy atom. The van der Waals surface area contributed by atoms with Gasteiger partial charge in [-0.1, -0.05) is 90.9 Å². The number of hydrogen-bond donors (Lipinski definition) is 2. The van der Waals surface area contributed by atoms with Gasteiger partial charge in [-0.2, -0.15) is 20.2 Å². The summed E-state index contributed by atoms with van der Waals surface area (Å²) < 4.78 is 44.0. The zero-order valence-electron chi connectivity index (χ0n) is 23.4. The number of unbranched alkanes of at least 4 members (excludes halogenated alkanes) is 12. The van der Waals surface area contributed by atoms with E-state index in [1.54, 1.807) is 6.92 Å². The fourth-order valence-corrected chi connectivity index (χ4v) is 4.87. The number of rotatable bonds is 25. The van der Waals surface area contributed by atoms with Crippen molar-refractivity contribution >= 4 is 40.0 Å². The summed E-state index contributed by atoms with van der Waals surface area (Å²) >= 11 is 1.42. The van der Waals surface area contributed by atoms with E-state index in [1.807, 2.05) is 0 Å². The summed E-state index contributed by atoms with van der Waals surface area (Å²) in [4.78, 5) is 35.9. The quantitative estimate of drug-likeness (QED) is 0.0868. The largest absolute Gasteiger partial charge is 0.467 e. The van der Waals surface area contributed by atoms with Crippen molar-refractivity contribution in [2.45, 2.75) is 110 Å². The summed E-state index contributed by atoms with van der Waals surface area (Å²) in [6, 6.07) is -1.38. The fraction of sp³-hybridized carbons (Fsp3) is 0.885. The highest BCUT2D eigenvalue weighted by atomic mass is 32.3. The fourth-order valence-electron chi connectivity index (χ4n) is 3.69. The lowest BCUT2D eigenvalue weighted by Crippen LogP contribution is -2.47. The number of methoxy groups -OCH3 is 1. The Bertz CT molecular complexity index is 747. The normalized spacial score (nSPS) is 13.1. The van der Waals surface area contributed by atoms with Crippen LogP contribution >= 0.6 is 11.8 Å². The number of esters is 2. The molecule has 0 heterocycles. The molecule has 0 saturated carbocycles. The number of ether oxygens (including phenoxy) is 2. The number of carbonyl (C=O) groups excluding carboxylic acids is 3. The van der Waals surface area contributed by atoms with Crippen LogP contribution in [0.4, 0.5) is 0 Å². The molecule has 0 aromatic rings. The van der Waals surface area contributed by atoms with Gasteiger partial charge in [0.05, 0.1) is 13.7 Å². The van der Waals surface area contributed by atoms with E-state index in [0.29, 0.717) is 17.9 Å². The second-order valence-corrected chi connectivity index (χ2v) is 11.7. The molecule has 2 atom stereocenters. The molecular formula is C26H49NO9S2. The van der Waals surface area contributed by atoms with Gasteiger partial charge >= 0.3 is 22.3 Å². The molecule has 224 valence electrons. The average molecular weight is 584 g/mol. The van der Waals surface area contributed by atoms with Crippen LogP contribution < -0.4 is 5.32 Å². The van der Waals surface area contributed by atoms with Crippen molar-refractivity contribution in [3.05, 3.63) is 0 Å². The predicted octanol–water partition coefficient (Wildman–Crippen LogP) is 4.86. The highest BCUT2D eigenvalue weighted by Crippen LogP contribution is 2.13. The van der Waals surface area contributed by atoms with Crippen LogP contribution in [0, 0.1) is 5.92 Å². The molecule has 0 rings (SSSR count). The molecule has 1 amide bonds. The third kappa shape index (κ3) is 22.6. The number of nitrogens with one attached hydrogen (secondary N) is 1. The molecule has 0 aromatic carbocycles. The molecular weight excluding hydrogens is 534 g/mol. The zero-order valence-corrected chi connectivity index (χ0v) is 25.0. The molecule has 12 heteroatoms. The van der Waals surface area contributed by atoms with E-state index in [-0.39, 0.29) is 12.6 Å². The maximum Gasteiger partial charge on any atom is 0.397 e. The van der Waals surface area contributed by atoms with Gasteiger partial charge in [-0.15, -0.1) is 0 Å². The van der Waals surface area contributed by atoms with Gasteiger partial charge < -0.3 is 14.8 Å². The van der Waals surface area contributed by atoms with Gasteiger partial charge in [-0.3, -0.25) is 14.1 Å². The third-order valence-corrected chi connectivity index (χ3v) is 7.60. The molecule has 0 bridgehead atoms. The van der Waals surface area contributed by atoms with Gasteiger partial charge in [0.25, 0.3) is 0 Å². The maximum atomic E-state index is 12.3. The van der Waals surface area contributed by atoms with Crippen molar-refractivity contribution in [1.82, 2.24) is 5.32 Å². The van der Waals surface area contributed by atoms with Crippen LogP contribution in [0.3, 0.4) is 0 Å². The second-order valence-electron chi connectivity index (χ2n) is 9.49. The lowest BCUT2D eigenvalue weighted by Gasteiger charge is -2.18. The van der Waals surface area contributed by atoms with E-state index in [4.69, 9.17) is 9.29 Å². The summed E-state index contributed by atoms with van der Waals surface area (Å²) in [5.41, 5.74) is 0. The summed E-state index contributed by atoms with van der Waals surface area (Å²) in [6.07, 6.45) is 16.7. The first-order chi connectivity index (χ1) is 18.1. The lowest BCUT2D eigenvalue weighted by atomic mass is 10.0. The first-order valence-corrected chi connectivity index (χ1v) is 16.4. The van der Waals surface area contributed by atoms with Gasteiger partial charge in [0.15, 0.2) is 6.04 Å². The first-order valence-electron chi connectivity index (χ1n) is 13.8. The van der Waals surface area contributed by atoms with Crippen LogP contribution in [-0.2, 0) is 38.4 Å². The van der Waals surface area contributed by atoms with Gasteiger partial charge in [0.1, 0.15) is 6.61 Å². The highest BCUT2D eigenvalue weighted by molar-refractivity contribution is 7.99. The maximum absolute atomic E-state index is 12.3. The van der Waals surface area contributed by atoms with Crippen molar-refractivity contribution in [2.75, 3.05) is 31.8 Å². The number of hydrogen-bond acceptors (Lipinski definition) is 9. The highest BCUT2D eigenvalue weighted by Gasteiger charge is 2.26. The summed E-state index contributed by atoms with van der Waals surface area (Å²) in [5, 5.41) is 2.34. The van der Waals surface area contributed by atoms with E-state index >= 15 is 0 Å². The SMILES string of the molecule is CCCCCCCCCCCCCCCC(=O)OCCSC[C@H](C)C(=O)N[C@@H](COS(=O)(=O)O)C(=O)OC. The van der Waals surface area contributed by atoms with Crippen LogP contribution in [0.25, 0.3) is 0 Å². The second kappa shape index (κ2) is 23.5. The molecule has 0 fully saturated rings. The van der Waals surface area contributed by atoms with E-state index < -0.39 is 40.8 Å². The summed E-state index contributed by atoms with van der Waals surface area (Å²) in [6.45, 7) is 3.35. The lowest BCUT2D eigenvalue weighted by molar-refractivity contribution is -0.146. The Hall–Kier alpha value is -1.37. The molecule has 0 unspecified atom stereocenters. The van der Waals surface area contributed by atoms with Crippen LogP contribution in [0.2, 0.25) is 0 Å². The first kappa shape index (κ1) is 36.6. The predicted molar refractivity (Wildman–Crippen MR) is 149 cm³/mol. The third-order valence-electron chi connectivity index (χ3n) is 5.98. The Kier molecular flexibility index (Phi) is 22.7. The molecule has 0 aromatic heterocycles. The molecule has 38 heavy (non-hydrogen) atoms. The molecule has 10 nitrogen and oxygen atoms in total. The van der Waals surface area contributed by atoms with Crippen LogP contribution in [0.15, 0.2) is 0 Å². The monoisotopic (exact) mass is 583 g/mol. The number of thioether (sulfide) groups is 1. The van der Waals surface area contributed by atoms with Gasteiger partial charge in [0, 0.05) is 23.8 Å². The zero-order chi connectivity index (χ0) is 28.7. The van der Waals surface area contributed by atoms with Crippen LogP contribution in [0.1, 0.15) is 104 Å². The number of amides is 1. The van der Waals surface area contributed by atoms with Gasteiger partial charge in [-0.25, -0.2) is 8.98 Å². The van der Waals surface area contributed by atoms with Gasteiger partial charge in [0.2, 0.25) is 5.91 Å². The van der Waals surface area contributed by atoms with E-state index in [9.17, 15) is 22.8 Å². The van der Waals surface area contributed by atoms with E-state index in [1.165, 1.54) is 76.0 Å². The van der Waals surface area contributed by atoms with Crippen LogP contribution in [-0.4, -0.2) is 68.7 Å². The summed E-state index contributed by atoms with van der Waals surface area (Å²) in [7, 11) is -3.69. The molecule has 0 saturated heterocycles. The average Bonchev–Trinajstić information content (AvgIpc) is 2.87. The molecule has 0 aliphatic heterocycles. The Labute approximate surface area is 233 Å². The smallest absolute Gasteiger partial charge is 0.397 e. The van der Waals surface area contributed by atoms with Crippen molar-refractivity contribution in [3.8, 4) is 0 Å². The van der Waals surface area contributed by atoms with Crippen molar-refractivity contribution in [2.24, 2.45) is 5.92 Å². The molecule has 0 spiro atoms. The Balaban J connectivity index is 3.78. The Morgan fingerprint density at radius 1 is 0.895 bits per heavy atom. The standard InChI is InChI=1S/C26H49NO9S2/c1-4-5-6-7-8-9-10-11-12-13-14-15-16-17-24(28)35-18-19-37-21-22(2)25(29)27-23(26(30)34-3)20-36-38(31,32)33/h22-23H,4-21H2,1-3H3,(H,27,29)(H,31,32,33)/t22-,23-/m0/s1. The minimum atomic E-state index is -4.77. The van der Waals surface area contributed by atoms with Crippen molar-refractivity contribution in [3.63, 3.8) is 0 Å². The summed E-state index contributed by atoms with van der Waals surface area (Å²) in [5.74, 6) is -1.22. The topological polar surface area (TPSA) is 145 Å². The minimum Gasteiger partial charge on any atom is -0.467 e. The van der Waals surface area contributed by atoms with Crippen LogP contribution in [0.5, 0.6) is 0 Å². The van der Waals surface area contributed by atoms with Gasteiger partial charge in [-0.05, 0) is 6.42 Å². The molecule has 0 aliphatic rings. The van der Waals surface area contributed by atoms with E-state index in [0.717, 1.165) is 26.4 Å².